The minimum atomic E-state index is -4.74. The maximum Gasteiger partial charge on any atom is 0.416 e. The van der Waals surface area contributed by atoms with Gasteiger partial charge in [0.05, 0.1) is 17.5 Å². The Bertz CT molecular complexity index is 900. The van der Waals surface area contributed by atoms with Crippen LogP contribution in [0, 0.1) is 0 Å². The number of alkyl halides is 5. The first-order chi connectivity index (χ1) is 12.9. The Morgan fingerprint density at radius 3 is 2.46 bits per heavy atom. The van der Waals surface area contributed by atoms with Gasteiger partial charge in [-0.15, -0.1) is 0 Å². The molecule has 0 saturated carbocycles. The van der Waals surface area contributed by atoms with E-state index >= 15 is 0 Å². The predicted octanol–water partition coefficient (Wildman–Crippen LogP) is 6.11. The van der Waals surface area contributed by atoms with Crippen molar-refractivity contribution in [1.29, 1.82) is 0 Å². The summed E-state index contributed by atoms with van der Waals surface area (Å²) < 4.78 is 71.8. The van der Waals surface area contributed by atoms with Gasteiger partial charge in [-0.2, -0.15) is 13.2 Å². The Labute approximate surface area is 157 Å². The average molecular weight is 400 g/mol. The lowest BCUT2D eigenvalue weighted by atomic mass is 9.98. The number of halogens is 5. The second kappa shape index (κ2) is 7.07. The molecule has 0 bridgehead atoms. The standard InChI is InChI=1S/C20H17F5O3/c1-19(21,22)16-10-13(20(23,24)25)4-7-17(16)28-14-5-6-15-11(8-14)2-3-12(15)9-18(26)27/h4-8,10,12H,2-3,9H2,1H3,(H,26,27)/t12-/m0/s1. The number of aryl methyl sites for hydroxylation is 1. The van der Waals surface area contributed by atoms with Crippen LogP contribution < -0.4 is 4.74 Å². The number of ether oxygens (including phenoxy) is 1. The third-order valence-corrected chi connectivity index (χ3v) is 4.75. The molecule has 0 fully saturated rings. The van der Waals surface area contributed by atoms with Crippen molar-refractivity contribution >= 4 is 5.97 Å². The largest absolute Gasteiger partial charge is 0.481 e. The van der Waals surface area contributed by atoms with Gasteiger partial charge in [-0.3, -0.25) is 4.79 Å². The first-order valence-corrected chi connectivity index (χ1v) is 8.57. The van der Waals surface area contributed by atoms with E-state index in [2.05, 4.69) is 0 Å². The maximum absolute atomic E-state index is 13.9. The molecule has 8 heteroatoms. The number of rotatable bonds is 5. The zero-order valence-electron chi connectivity index (χ0n) is 14.8. The summed E-state index contributed by atoms with van der Waals surface area (Å²) in [6.45, 7) is 0.508. The second-order valence-corrected chi connectivity index (χ2v) is 6.89. The molecule has 0 spiro atoms. The van der Waals surface area contributed by atoms with Crippen molar-refractivity contribution in [2.24, 2.45) is 0 Å². The van der Waals surface area contributed by atoms with E-state index in [4.69, 9.17) is 9.84 Å². The smallest absolute Gasteiger partial charge is 0.416 e. The highest BCUT2D eigenvalue weighted by molar-refractivity contribution is 5.68. The molecule has 2 aromatic carbocycles. The highest BCUT2D eigenvalue weighted by atomic mass is 19.4. The zero-order valence-corrected chi connectivity index (χ0v) is 14.8. The zero-order chi connectivity index (χ0) is 20.7. The number of aliphatic carboxylic acids is 1. The van der Waals surface area contributed by atoms with Crippen LogP contribution in [0.4, 0.5) is 22.0 Å². The first-order valence-electron chi connectivity index (χ1n) is 8.57. The first kappa shape index (κ1) is 20.1. The molecule has 0 radical (unpaired) electrons. The Morgan fingerprint density at radius 2 is 1.86 bits per heavy atom. The van der Waals surface area contributed by atoms with Crippen molar-refractivity contribution in [3.63, 3.8) is 0 Å². The Balaban J connectivity index is 1.91. The van der Waals surface area contributed by atoms with E-state index in [-0.39, 0.29) is 23.8 Å². The third-order valence-electron chi connectivity index (χ3n) is 4.75. The molecule has 0 saturated heterocycles. The molecule has 0 amide bonds. The van der Waals surface area contributed by atoms with E-state index in [0.717, 1.165) is 17.2 Å². The fraction of sp³-hybridized carbons (Fsp3) is 0.350. The van der Waals surface area contributed by atoms with E-state index in [1.54, 1.807) is 12.1 Å². The van der Waals surface area contributed by atoms with E-state index in [0.29, 0.717) is 31.9 Å². The predicted molar refractivity (Wildman–Crippen MR) is 90.8 cm³/mol. The van der Waals surface area contributed by atoms with E-state index in [1.807, 2.05) is 0 Å². The van der Waals surface area contributed by atoms with Gasteiger partial charge in [-0.05, 0) is 60.2 Å². The quantitative estimate of drug-likeness (QED) is 0.616. The molecular formula is C20H17F5O3. The molecule has 1 aliphatic carbocycles. The van der Waals surface area contributed by atoms with Gasteiger partial charge in [0.1, 0.15) is 11.5 Å². The molecule has 3 rings (SSSR count). The summed E-state index contributed by atoms with van der Waals surface area (Å²) in [6, 6.07) is 6.78. The number of hydrogen-bond donors (Lipinski definition) is 1. The number of carboxylic acids is 1. The van der Waals surface area contributed by atoms with Crippen LogP contribution in [0.2, 0.25) is 0 Å². The van der Waals surface area contributed by atoms with Crippen LogP contribution in [0.1, 0.15) is 47.9 Å². The molecular weight excluding hydrogens is 383 g/mol. The molecule has 0 heterocycles. The van der Waals surface area contributed by atoms with Gasteiger partial charge in [0.25, 0.3) is 5.92 Å². The SMILES string of the molecule is CC(F)(F)c1cc(C(F)(F)F)ccc1Oc1ccc2c(c1)CC[C@H]2CC(=O)O. The summed E-state index contributed by atoms with van der Waals surface area (Å²) in [6.07, 6.45) is -3.47. The van der Waals surface area contributed by atoms with Crippen molar-refractivity contribution in [3.8, 4) is 11.5 Å². The molecule has 1 N–H and O–H groups in total. The lowest BCUT2D eigenvalue weighted by Crippen LogP contribution is -2.13. The van der Waals surface area contributed by atoms with Crippen molar-refractivity contribution in [2.75, 3.05) is 0 Å². The van der Waals surface area contributed by atoms with Gasteiger partial charge in [0.15, 0.2) is 0 Å². The van der Waals surface area contributed by atoms with Crippen LogP contribution in [0.5, 0.6) is 11.5 Å². The Hall–Kier alpha value is -2.64. The molecule has 0 aromatic heterocycles. The summed E-state index contributed by atoms with van der Waals surface area (Å²) in [7, 11) is 0. The number of carboxylic acid groups (broad SMARTS) is 1. The minimum absolute atomic E-state index is 0.00167. The topological polar surface area (TPSA) is 46.5 Å². The normalized spacial score (nSPS) is 16.7. The number of carbonyl (C=O) groups is 1. The van der Waals surface area contributed by atoms with Gasteiger partial charge in [0.2, 0.25) is 0 Å². The molecule has 2 aromatic rings. The number of benzene rings is 2. The third kappa shape index (κ3) is 4.26. The van der Waals surface area contributed by atoms with E-state index in [9.17, 15) is 26.7 Å². The van der Waals surface area contributed by atoms with Crippen LogP contribution in [0.3, 0.4) is 0 Å². The van der Waals surface area contributed by atoms with Gasteiger partial charge < -0.3 is 9.84 Å². The van der Waals surface area contributed by atoms with E-state index in [1.165, 1.54) is 6.07 Å². The second-order valence-electron chi connectivity index (χ2n) is 6.89. The fourth-order valence-electron chi connectivity index (χ4n) is 3.43. The van der Waals surface area contributed by atoms with Crippen LogP contribution in [-0.4, -0.2) is 11.1 Å². The molecule has 0 aliphatic heterocycles. The maximum atomic E-state index is 13.9. The van der Waals surface area contributed by atoms with E-state index < -0.39 is 29.2 Å². The average Bonchev–Trinajstić information content (AvgIpc) is 2.95. The molecule has 0 unspecified atom stereocenters. The van der Waals surface area contributed by atoms with Crippen molar-refractivity contribution in [1.82, 2.24) is 0 Å². The highest BCUT2D eigenvalue weighted by Gasteiger charge is 2.36. The molecule has 1 atom stereocenters. The molecule has 3 nitrogen and oxygen atoms in total. The Morgan fingerprint density at radius 1 is 1.14 bits per heavy atom. The van der Waals surface area contributed by atoms with Crippen LogP contribution in [-0.2, 0) is 23.3 Å². The summed E-state index contributed by atoms with van der Waals surface area (Å²) in [5.41, 5.74) is -0.322. The Kier molecular flexibility index (Phi) is 5.08. The number of fused-ring (bicyclic) bond motifs is 1. The summed E-state index contributed by atoms with van der Waals surface area (Å²) in [5, 5.41) is 8.96. The van der Waals surface area contributed by atoms with Gasteiger partial charge >= 0.3 is 12.1 Å². The number of hydrogen-bond acceptors (Lipinski definition) is 2. The van der Waals surface area contributed by atoms with Crippen LogP contribution >= 0.6 is 0 Å². The van der Waals surface area contributed by atoms with Crippen LogP contribution in [0.15, 0.2) is 36.4 Å². The van der Waals surface area contributed by atoms with Gasteiger partial charge in [-0.1, -0.05) is 6.07 Å². The van der Waals surface area contributed by atoms with Crippen LogP contribution in [0.25, 0.3) is 0 Å². The summed E-state index contributed by atoms with van der Waals surface area (Å²) in [5.74, 6) is -4.71. The summed E-state index contributed by atoms with van der Waals surface area (Å²) >= 11 is 0. The van der Waals surface area contributed by atoms with Crippen molar-refractivity contribution < 1.29 is 36.6 Å². The van der Waals surface area contributed by atoms with Gasteiger partial charge in [-0.25, -0.2) is 8.78 Å². The van der Waals surface area contributed by atoms with Crippen molar-refractivity contribution in [3.05, 3.63) is 58.7 Å². The van der Waals surface area contributed by atoms with Crippen molar-refractivity contribution in [2.45, 2.75) is 44.2 Å². The lowest BCUT2D eigenvalue weighted by molar-refractivity contribution is -0.138. The summed E-state index contributed by atoms with van der Waals surface area (Å²) in [4.78, 5) is 10.9. The molecule has 1 aliphatic rings. The van der Waals surface area contributed by atoms with Gasteiger partial charge in [0, 0.05) is 6.92 Å². The molecule has 150 valence electrons. The molecule has 28 heavy (non-hydrogen) atoms. The fourth-order valence-corrected chi connectivity index (χ4v) is 3.43. The minimum Gasteiger partial charge on any atom is -0.481 e. The lowest BCUT2D eigenvalue weighted by Gasteiger charge is -2.19. The highest BCUT2D eigenvalue weighted by Crippen LogP contribution is 2.42. The monoisotopic (exact) mass is 400 g/mol.